The van der Waals surface area contributed by atoms with Crippen LogP contribution in [0.4, 0.5) is 17.8 Å². The number of aromatic nitrogens is 16. The van der Waals surface area contributed by atoms with Crippen molar-refractivity contribution in [1.82, 2.24) is 80.1 Å². The first kappa shape index (κ1) is 74.2. The highest BCUT2D eigenvalue weighted by Gasteiger charge is 2.19. The normalized spacial score (nSPS) is 15.2. The van der Waals surface area contributed by atoms with Gasteiger partial charge in [-0.1, -0.05) is 30.3 Å². The van der Waals surface area contributed by atoms with Crippen LogP contribution in [0, 0.1) is 11.7 Å². The van der Waals surface area contributed by atoms with Gasteiger partial charge < -0.3 is 38.9 Å². The van der Waals surface area contributed by atoms with E-state index in [2.05, 4.69) is 222 Å². The van der Waals surface area contributed by atoms with Crippen LogP contribution in [0.15, 0.2) is 211 Å². The smallest absolute Gasteiger partial charge is 0.354 e. The molecule has 9 aliphatic heterocycles. The monoisotopic (exact) mass is 1340 g/mol. The Kier molecular flexibility index (Phi) is 34.2. The lowest BCUT2D eigenvalue weighted by molar-refractivity contribution is -0.138. The van der Waals surface area contributed by atoms with Crippen molar-refractivity contribution in [2.75, 3.05) is 69.7 Å². The SMILES string of the molecule is C1=NCN=N1.C1=NN=NC1.C1N=NN=C1C1=NN=NC1.CC1=NN=NC1.Cc1cc(=O)n2[nH]cnc2n1.Cn1cnc(=S)[nH]1.NC1=NC(C(=O)O)N=N1.NC1=NN=NC1.Nc1n[nH]c(N)n1.Nc1ncn[nH]1.O=C(O)C1=NN=NC1.c1ccc(C2=NN=NC2)cc1.c1cn[nH]n1. The first-order valence-corrected chi connectivity index (χ1v) is 26.5. The summed E-state index contributed by atoms with van der Waals surface area (Å²) in [5.41, 5.74) is 30.4. The van der Waals surface area contributed by atoms with Gasteiger partial charge in [0.2, 0.25) is 28.6 Å². The molecule has 7 aromatic rings. The molecule has 15 heterocycles. The number of guanidine groups is 1. The molecular weight excluding hydrogens is 1290 g/mol. The fourth-order valence-electron chi connectivity index (χ4n) is 5.26. The summed E-state index contributed by atoms with van der Waals surface area (Å²) < 4.78 is 3.51. The molecule has 1 unspecified atom stereocenters. The van der Waals surface area contributed by atoms with Crippen LogP contribution in [0.2, 0.25) is 0 Å². The second kappa shape index (κ2) is 44.2. The highest BCUT2D eigenvalue weighted by atomic mass is 32.1. The number of aromatic amines is 5. The largest absolute Gasteiger partial charge is 0.478 e. The van der Waals surface area contributed by atoms with Gasteiger partial charge in [-0.2, -0.15) is 70.9 Å². The maximum atomic E-state index is 11.1. The minimum absolute atomic E-state index is 0.00463. The predicted molar refractivity (Wildman–Crippen MR) is 339 cm³/mol. The predicted octanol–water partition coefficient (Wildman–Crippen LogP) is 1.35. The maximum absolute atomic E-state index is 11.1. The number of nitrogens with two attached hydrogens (primary N) is 5. The molecule has 1 atom stereocenters. The van der Waals surface area contributed by atoms with Crippen molar-refractivity contribution in [3.8, 4) is 0 Å². The Hall–Kier alpha value is -14.3. The molecule has 6 aromatic heterocycles. The maximum Gasteiger partial charge on any atom is 0.354 e. The number of fused-ring (bicyclic) bond motifs is 1. The minimum atomic E-state index is -1.14. The highest BCUT2D eigenvalue weighted by molar-refractivity contribution is 7.71. The zero-order valence-electron chi connectivity index (χ0n) is 50.1. The van der Waals surface area contributed by atoms with E-state index in [0.29, 0.717) is 74.0 Å². The third-order valence-electron chi connectivity index (χ3n) is 9.30. The lowest BCUT2D eigenvalue weighted by Gasteiger charge is -1.94. The molecule has 16 rings (SSSR count). The van der Waals surface area contributed by atoms with E-state index < -0.39 is 18.1 Å². The zero-order valence-corrected chi connectivity index (χ0v) is 51.0. The zero-order chi connectivity index (χ0) is 69.4. The number of aryl methyl sites for hydroxylation is 2. The van der Waals surface area contributed by atoms with Crippen LogP contribution in [-0.4, -0.2) is 214 Å². The molecule has 9 aliphatic rings. The van der Waals surface area contributed by atoms with Gasteiger partial charge in [-0.05, 0) is 68.2 Å². The number of carbonyl (C=O) groups is 2. The number of aliphatic carboxylic acids is 2. The second-order valence-electron chi connectivity index (χ2n) is 16.6. The fourth-order valence-corrected chi connectivity index (χ4v) is 5.45. The number of amidine groups is 1. The molecule has 17 N–H and O–H groups in total. The number of anilines is 3. The molecule has 0 bridgehead atoms. The van der Waals surface area contributed by atoms with E-state index in [4.69, 9.17) is 38.9 Å². The Bertz CT molecular complexity index is 4060. The van der Waals surface area contributed by atoms with Gasteiger partial charge in [0.25, 0.3) is 17.5 Å². The number of aliphatic imine (C=N–C) groups is 2. The van der Waals surface area contributed by atoms with Crippen LogP contribution in [0.3, 0.4) is 0 Å². The molecule has 53 nitrogen and oxygen atoms in total. The Morgan fingerprint density at radius 2 is 1.34 bits per heavy atom. The molecule has 0 saturated carbocycles. The topological polar surface area (TPSA) is 760 Å². The van der Waals surface area contributed by atoms with E-state index in [0.717, 1.165) is 28.4 Å². The molecule has 96 heavy (non-hydrogen) atoms. The van der Waals surface area contributed by atoms with Gasteiger partial charge in [-0.25, -0.2) is 49.7 Å². The molecule has 54 heteroatoms. The number of hydrogen-bond acceptors (Lipinski definition) is 45. The molecule has 0 radical (unpaired) electrons. The lowest BCUT2D eigenvalue weighted by Crippen LogP contribution is -2.15. The van der Waals surface area contributed by atoms with Crippen molar-refractivity contribution in [1.29, 1.82) is 0 Å². The van der Waals surface area contributed by atoms with E-state index in [1.54, 1.807) is 36.5 Å². The van der Waals surface area contributed by atoms with Crippen LogP contribution in [0.25, 0.3) is 5.78 Å². The van der Waals surface area contributed by atoms with E-state index in [9.17, 15) is 14.4 Å². The summed E-state index contributed by atoms with van der Waals surface area (Å²) in [7, 11) is 1.84. The quantitative estimate of drug-likeness (QED) is 0.111. The summed E-state index contributed by atoms with van der Waals surface area (Å²) in [6.45, 7) is 7.78. The molecule has 0 fully saturated rings. The van der Waals surface area contributed by atoms with E-state index >= 15 is 0 Å². The summed E-state index contributed by atoms with van der Waals surface area (Å²) >= 11 is 4.65. The van der Waals surface area contributed by atoms with E-state index in [1.807, 2.05) is 44.3 Å². The lowest BCUT2D eigenvalue weighted by atomic mass is 10.1. The summed E-state index contributed by atoms with van der Waals surface area (Å²) in [5.74, 6) is -0.577. The standard InChI is InChI=1S/C8H7N3.C6H6N4O.C4H4N6.C3H4N4O2.C3H3N3O2.C3H5N3S.C3H5N3.C2H5N5.2C2H4N4.3C2H3N3/c1-2-4-7(5-3-1)8-6-9-11-10-8;1-4-2-5(11)10-6(9-4)7-3-8-10;1-3(7-9-5-1)4-2-6-10-8-4;4-3-5-1(2(8)9)6-7-3;7-3(8)2-1-4-6-5-2;1-6-2-4-3(7)5-6;1-3-2-4-6-5-3;3-1-5-2(4)7-6-1;3-2-4-1-5-6-2;3-2-1-4-6-5-2;1-3-2-5-4-1;2*1-2-4-5-3-1/h1-5H,6H2;2-3H,1H3,(H,7,8,9);1-2H2;1H,(H2,4,5)(H,8,9);1H2,(H,7,8);2H,1H3,(H,5,7);2H2,1H3;(H5,3,4,5,6,7);1H,(H3,3,4,5,6);1H2,(H2,3,4,5);2*1H,2H2;1-2H,(H,3,4,5). The number of carboxylic acid groups (broad SMARTS) is 2. The molecule has 500 valence electrons. The first-order valence-electron chi connectivity index (χ1n) is 26.1. The first-order chi connectivity index (χ1) is 46.5. The van der Waals surface area contributed by atoms with Crippen LogP contribution in [0.1, 0.15) is 18.2 Å². The van der Waals surface area contributed by atoms with Crippen LogP contribution < -0.4 is 34.2 Å². The number of rotatable bonds is 4. The van der Waals surface area contributed by atoms with Gasteiger partial charge in [0.05, 0.1) is 36.6 Å². The average Bonchev–Trinajstić information content (AvgIpc) is 1.93. The number of nitrogens with one attached hydrogen (secondary N) is 5. The minimum Gasteiger partial charge on any atom is -0.478 e. The van der Waals surface area contributed by atoms with Crippen molar-refractivity contribution in [3.63, 3.8) is 0 Å². The van der Waals surface area contributed by atoms with Crippen molar-refractivity contribution in [2.45, 2.75) is 20.0 Å². The molecular formula is C42H56N48O5S. The van der Waals surface area contributed by atoms with Crippen molar-refractivity contribution < 1.29 is 19.8 Å². The van der Waals surface area contributed by atoms with Crippen LogP contribution in [0.5, 0.6) is 0 Å². The number of H-pyrrole nitrogens is 5. The number of carboxylic acids is 2. The average molecular weight is 1350 g/mol. The van der Waals surface area contributed by atoms with Gasteiger partial charge in [-0.3, -0.25) is 19.7 Å². The molecule has 0 spiro atoms. The van der Waals surface area contributed by atoms with Gasteiger partial charge in [0, 0.05) is 18.8 Å². The number of nitrogens with zero attached hydrogens (tertiary/aromatic N) is 38. The van der Waals surface area contributed by atoms with Gasteiger partial charge in [0.1, 0.15) is 81.8 Å². The molecule has 0 amide bonds. The third-order valence-corrected chi connectivity index (χ3v) is 9.49. The Morgan fingerprint density at radius 3 is 1.66 bits per heavy atom. The van der Waals surface area contributed by atoms with Crippen LogP contribution in [-0.2, 0) is 16.6 Å². The molecule has 0 saturated heterocycles. The number of nitrogen functional groups attached to an aromatic ring is 3. The summed E-state index contributed by atoms with van der Waals surface area (Å²) in [4.78, 5) is 56.7. The summed E-state index contributed by atoms with van der Waals surface area (Å²) in [6, 6.07) is 11.4. The molecule has 1 aromatic carbocycles. The highest BCUT2D eigenvalue weighted by Crippen LogP contribution is 2.07. The van der Waals surface area contributed by atoms with Crippen molar-refractivity contribution in [2.24, 2.45) is 157 Å². The Morgan fingerprint density at radius 1 is 0.688 bits per heavy atom. The van der Waals surface area contributed by atoms with Gasteiger partial charge in [-0.15, -0.1) is 56.2 Å². The summed E-state index contributed by atoms with van der Waals surface area (Å²) in [6.07, 6.45) is 9.56. The van der Waals surface area contributed by atoms with E-state index in [1.165, 1.54) is 29.6 Å². The van der Waals surface area contributed by atoms with E-state index in [-0.39, 0.29) is 35.7 Å². The molecule has 0 aliphatic carbocycles. The fraction of sp³-hybridized carbons (Fsp3) is 0.286. The Balaban J connectivity index is 0.000000223. The third kappa shape index (κ3) is 32.8. The second-order valence-corrected chi connectivity index (χ2v) is 17.0. The number of azo groups is 2. The Labute approximate surface area is 540 Å². The summed E-state index contributed by atoms with van der Waals surface area (Å²) in [5, 5.41) is 130. The van der Waals surface area contributed by atoms with Gasteiger partial charge in [0.15, 0.2) is 12.4 Å². The van der Waals surface area contributed by atoms with Gasteiger partial charge >= 0.3 is 11.9 Å². The van der Waals surface area contributed by atoms with Crippen molar-refractivity contribution in [3.05, 3.63) is 94.2 Å². The number of benzene rings is 1. The van der Waals surface area contributed by atoms with Crippen molar-refractivity contribution >= 4 is 101 Å². The number of hydrogen-bond donors (Lipinski definition) is 12. The van der Waals surface area contributed by atoms with Crippen LogP contribution >= 0.6 is 12.2 Å².